The van der Waals surface area contributed by atoms with Crippen LogP contribution >= 0.6 is 0 Å². The highest BCUT2D eigenvalue weighted by molar-refractivity contribution is 6.02. The van der Waals surface area contributed by atoms with E-state index in [9.17, 15) is 9.50 Å². The molecule has 2 aromatic carbocycles. The Kier molecular flexibility index (Phi) is 5.24. The van der Waals surface area contributed by atoms with Crippen LogP contribution < -0.4 is 4.74 Å². The lowest BCUT2D eigenvalue weighted by atomic mass is 9.93. The number of oxime groups is 1. The third kappa shape index (κ3) is 3.52. The number of fused-ring (bicyclic) bond motifs is 1. The van der Waals surface area contributed by atoms with Gasteiger partial charge in [-0.3, -0.25) is 0 Å². The molecule has 1 N–H and O–H groups in total. The number of aryl methyl sites for hydroxylation is 1. The highest BCUT2D eigenvalue weighted by Gasteiger charge is 2.58. The van der Waals surface area contributed by atoms with Crippen LogP contribution in [0.5, 0.6) is 5.75 Å². The number of morpholine rings is 1. The highest BCUT2D eigenvalue weighted by Crippen LogP contribution is 2.44. The molecule has 2 fully saturated rings. The fourth-order valence-electron chi connectivity index (χ4n) is 4.77. The minimum atomic E-state index is -1.30. The quantitative estimate of drug-likeness (QED) is 0.586. The molecule has 1 spiro atoms. The van der Waals surface area contributed by atoms with E-state index in [2.05, 4.69) is 10.1 Å². The summed E-state index contributed by atoms with van der Waals surface area (Å²) in [6.07, 6.45) is 5.52. The zero-order chi connectivity index (χ0) is 24.9. The normalized spacial score (nSPS) is 23.1. The molecular weight excluding hydrogens is 467 g/mol. The second kappa shape index (κ2) is 8.35. The summed E-state index contributed by atoms with van der Waals surface area (Å²) in [4.78, 5) is 12.0. The summed E-state index contributed by atoms with van der Waals surface area (Å²) in [6.45, 7) is 2.71. The number of imidazole rings is 1. The van der Waals surface area contributed by atoms with E-state index in [0.717, 1.165) is 16.9 Å². The Morgan fingerprint density at radius 2 is 2.00 bits per heavy atom. The monoisotopic (exact) mass is 492 g/mol. The van der Waals surface area contributed by atoms with Gasteiger partial charge < -0.3 is 33.6 Å². The van der Waals surface area contributed by atoms with E-state index < -0.39 is 11.3 Å². The van der Waals surface area contributed by atoms with Crippen LogP contribution in [0.1, 0.15) is 16.8 Å². The van der Waals surface area contributed by atoms with Gasteiger partial charge in [-0.05, 0) is 55.0 Å². The van der Waals surface area contributed by atoms with Gasteiger partial charge in [-0.15, -0.1) is 0 Å². The molecule has 10 heteroatoms. The first kappa shape index (κ1) is 22.6. The molecule has 3 aliphatic heterocycles. The SMILES string of the molecule is COc1cc(C=C2OC3(COC3)CN3C2=NOC3(CO)c2ccc(F)cc2)ccc1-n1cnc(C)c1. The van der Waals surface area contributed by atoms with Gasteiger partial charge in [0.2, 0.25) is 5.84 Å². The predicted octanol–water partition coefficient (Wildman–Crippen LogP) is 2.96. The standard InChI is InChI=1S/C26H25FN4O5/c1-17-11-30(16-28-17)21-8-3-18(9-22(21)33-2)10-23-24-29-36-26(13-32,19-4-6-20(27)7-5-19)31(24)12-25(35-23)14-34-15-25/h3-11,16,32H,12-15H2,1-2H3. The van der Waals surface area contributed by atoms with Crippen LogP contribution in [0.2, 0.25) is 0 Å². The first-order valence-electron chi connectivity index (χ1n) is 11.5. The summed E-state index contributed by atoms with van der Waals surface area (Å²) in [7, 11) is 1.62. The van der Waals surface area contributed by atoms with Gasteiger partial charge >= 0.3 is 0 Å². The van der Waals surface area contributed by atoms with Crippen LogP contribution in [0.15, 0.2) is 65.9 Å². The Morgan fingerprint density at radius 1 is 1.19 bits per heavy atom. The molecular formula is C26H25FN4O5. The van der Waals surface area contributed by atoms with Crippen LogP contribution in [0.25, 0.3) is 11.8 Å². The summed E-state index contributed by atoms with van der Waals surface area (Å²) >= 11 is 0. The molecule has 36 heavy (non-hydrogen) atoms. The Morgan fingerprint density at radius 3 is 2.64 bits per heavy atom. The van der Waals surface area contributed by atoms with Crippen LogP contribution in [-0.4, -0.2) is 64.5 Å². The van der Waals surface area contributed by atoms with Crippen LogP contribution in [0, 0.1) is 12.7 Å². The van der Waals surface area contributed by atoms with Crippen molar-refractivity contribution >= 4 is 11.9 Å². The molecule has 6 rings (SSSR count). The number of hydrogen-bond donors (Lipinski definition) is 1. The Balaban J connectivity index is 1.39. The van der Waals surface area contributed by atoms with Crippen molar-refractivity contribution in [2.75, 3.05) is 33.5 Å². The van der Waals surface area contributed by atoms with E-state index in [4.69, 9.17) is 19.0 Å². The number of benzene rings is 2. The number of methoxy groups -OCH3 is 1. The second-order valence-corrected chi connectivity index (χ2v) is 9.18. The predicted molar refractivity (Wildman–Crippen MR) is 128 cm³/mol. The number of nitrogens with zero attached hydrogens (tertiary/aromatic N) is 4. The van der Waals surface area contributed by atoms with Gasteiger partial charge in [-0.1, -0.05) is 11.2 Å². The molecule has 1 unspecified atom stereocenters. The molecule has 0 aliphatic carbocycles. The van der Waals surface area contributed by atoms with Crippen molar-refractivity contribution in [1.29, 1.82) is 0 Å². The van der Waals surface area contributed by atoms with Crippen LogP contribution in [0.4, 0.5) is 4.39 Å². The number of ether oxygens (including phenoxy) is 3. The molecule has 0 saturated carbocycles. The summed E-state index contributed by atoms with van der Waals surface area (Å²) in [6, 6.07) is 11.6. The van der Waals surface area contributed by atoms with Gasteiger partial charge in [0.1, 0.15) is 18.2 Å². The van der Waals surface area contributed by atoms with E-state index >= 15 is 0 Å². The average molecular weight is 493 g/mol. The maximum Gasteiger partial charge on any atom is 0.260 e. The molecule has 3 aliphatic rings. The van der Waals surface area contributed by atoms with Crippen molar-refractivity contribution in [1.82, 2.24) is 14.5 Å². The number of halogens is 1. The van der Waals surface area contributed by atoms with Gasteiger partial charge in [-0.25, -0.2) is 9.37 Å². The Bertz CT molecular complexity index is 1360. The fourth-order valence-corrected chi connectivity index (χ4v) is 4.77. The fraction of sp³-hybridized carbons (Fsp3) is 0.308. The molecule has 186 valence electrons. The van der Waals surface area contributed by atoms with Crippen molar-refractivity contribution < 1.29 is 28.5 Å². The highest BCUT2D eigenvalue weighted by atomic mass is 19.1. The Hall–Kier alpha value is -3.89. The van der Waals surface area contributed by atoms with Gasteiger partial charge in [-0.2, -0.15) is 0 Å². The number of rotatable bonds is 5. The molecule has 0 bridgehead atoms. The number of amidine groups is 1. The maximum absolute atomic E-state index is 13.6. The first-order valence-corrected chi connectivity index (χ1v) is 11.5. The largest absolute Gasteiger partial charge is 0.495 e. The molecule has 1 atom stereocenters. The van der Waals surface area contributed by atoms with Crippen LogP contribution in [-0.2, 0) is 20.0 Å². The smallest absolute Gasteiger partial charge is 0.260 e. The minimum Gasteiger partial charge on any atom is -0.495 e. The summed E-state index contributed by atoms with van der Waals surface area (Å²) in [5.41, 5.74) is 1.26. The number of aliphatic hydroxyl groups is 1. The third-order valence-corrected chi connectivity index (χ3v) is 6.70. The van der Waals surface area contributed by atoms with Gasteiger partial charge in [0.05, 0.1) is 44.6 Å². The zero-order valence-electron chi connectivity index (χ0n) is 19.8. The van der Waals surface area contributed by atoms with Gasteiger partial charge in [0, 0.05) is 11.8 Å². The van der Waals surface area contributed by atoms with Crippen molar-refractivity contribution in [3.05, 3.63) is 83.4 Å². The number of aromatic nitrogens is 2. The lowest BCUT2D eigenvalue weighted by molar-refractivity contribution is -0.223. The number of aliphatic hydroxyl groups excluding tert-OH is 1. The van der Waals surface area contributed by atoms with E-state index in [-0.39, 0.29) is 12.4 Å². The van der Waals surface area contributed by atoms with Crippen molar-refractivity contribution in [3.8, 4) is 11.4 Å². The molecule has 1 aromatic heterocycles. The van der Waals surface area contributed by atoms with E-state index in [1.165, 1.54) is 12.1 Å². The summed E-state index contributed by atoms with van der Waals surface area (Å²) < 4.78 is 33.1. The first-order chi connectivity index (χ1) is 17.4. The van der Waals surface area contributed by atoms with Crippen LogP contribution in [0.3, 0.4) is 0 Å². The minimum absolute atomic E-state index is 0.374. The van der Waals surface area contributed by atoms with E-state index in [0.29, 0.717) is 42.7 Å². The Labute approximate surface area is 207 Å². The lowest BCUT2D eigenvalue weighted by Gasteiger charge is -2.50. The summed E-state index contributed by atoms with van der Waals surface area (Å²) in [5.74, 6) is 1.21. The second-order valence-electron chi connectivity index (χ2n) is 9.18. The van der Waals surface area contributed by atoms with Crippen molar-refractivity contribution in [2.24, 2.45) is 5.16 Å². The van der Waals surface area contributed by atoms with E-state index in [1.807, 2.05) is 46.9 Å². The molecule has 3 aromatic rings. The lowest BCUT2D eigenvalue weighted by Crippen LogP contribution is -2.66. The van der Waals surface area contributed by atoms with Crippen molar-refractivity contribution in [2.45, 2.75) is 18.2 Å². The molecule has 4 heterocycles. The topological polar surface area (TPSA) is 90.6 Å². The van der Waals surface area contributed by atoms with E-state index in [1.54, 1.807) is 25.6 Å². The molecule has 0 radical (unpaired) electrons. The zero-order valence-corrected chi connectivity index (χ0v) is 19.8. The molecule has 0 amide bonds. The molecule has 2 saturated heterocycles. The average Bonchev–Trinajstić information content (AvgIpc) is 3.47. The van der Waals surface area contributed by atoms with Gasteiger partial charge in [0.25, 0.3) is 5.72 Å². The van der Waals surface area contributed by atoms with Gasteiger partial charge in [0.15, 0.2) is 11.4 Å². The third-order valence-electron chi connectivity index (χ3n) is 6.70. The molecule has 9 nitrogen and oxygen atoms in total. The summed E-state index contributed by atoms with van der Waals surface area (Å²) in [5, 5.41) is 14.8. The maximum atomic E-state index is 13.6. The number of hydrogen-bond acceptors (Lipinski definition) is 8. The van der Waals surface area contributed by atoms with Crippen molar-refractivity contribution in [3.63, 3.8) is 0 Å².